The smallest absolute Gasteiger partial charge is 0.0928 e. The Morgan fingerprint density at radius 1 is 1.31 bits per heavy atom. The van der Waals surface area contributed by atoms with Crippen molar-refractivity contribution in [2.45, 2.75) is 39.7 Å². The average Bonchev–Trinajstić information content (AvgIpc) is 2.67. The summed E-state index contributed by atoms with van der Waals surface area (Å²) in [5.74, 6) is 0. The molecule has 3 nitrogen and oxygen atoms in total. The van der Waals surface area contributed by atoms with Crippen LogP contribution in [0.5, 0.6) is 0 Å². The lowest BCUT2D eigenvalue weighted by Gasteiger charge is -2.18. The van der Waals surface area contributed by atoms with E-state index >= 15 is 0 Å². The highest BCUT2D eigenvalue weighted by molar-refractivity contribution is 7.09. The van der Waals surface area contributed by atoms with Crippen molar-refractivity contribution in [1.82, 2.24) is 9.88 Å². The molecule has 0 radical (unpaired) electrons. The fraction of sp³-hybridized carbons (Fsp3) is 0.750. The Hall–Kier alpha value is -0.450. The summed E-state index contributed by atoms with van der Waals surface area (Å²) < 4.78 is 0. The first-order chi connectivity index (χ1) is 7.80. The minimum atomic E-state index is 0.228. The van der Waals surface area contributed by atoms with Crippen LogP contribution in [0.25, 0.3) is 0 Å². The molecule has 0 saturated carbocycles. The van der Waals surface area contributed by atoms with Crippen LogP contribution in [0, 0.1) is 0 Å². The molecule has 0 bridgehead atoms. The van der Waals surface area contributed by atoms with E-state index in [-0.39, 0.29) is 6.61 Å². The lowest BCUT2D eigenvalue weighted by molar-refractivity contribution is 0.189. The molecule has 0 fully saturated rings. The van der Waals surface area contributed by atoms with E-state index in [1.54, 1.807) is 11.3 Å². The maximum absolute atomic E-state index is 8.97. The van der Waals surface area contributed by atoms with Crippen molar-refractivity contribution in [3.63, 3.8) is 0 Å². The van der Waals surface area contributed by atoms with Crippen LogP contribution in [0.15, 0.2) is 5.38 Å². The van der Waals surface area contributed by atoms with Gasteiger partial charge in [0.25, 0.3) is 0 Å². The molecule has 92 valence electrons. The number of aliphatic hydroxyl groups is 1. The van der Waals surface area contributed by atoms with Gasteiger partial charge in [0, 0.05) is 18.5 Å². The van der Waals surface area contributed by atoms with Crippen LogP contribution in [0.4, 0.5) is 0 Å². The summed E-state index contributed by atoms with van der Waals surface area (Å²) in [6.45, 7) is 7.21. The zero-order chi connectivity index (χ0) is 11.8. The van der Waals surface area contributed by atoms with Crippen LogP contribution in [0.1, 0.15) is 37.4 Å². The van der Waals surface area contributed by atoms with E-state index in [0.717, 1.165) is 44.6 Å². The lowest BCUT2D eigenvalue weighted by atomic mass is 10.3. The van der Waals surface area contributed by atoms with E-state index in [4.69, 9.17) is 5.11 Å². The van der Waals surface area contributed by atoms with Gasteiger partial charge in [-0.3, -0.25) is 4.90 Å². The predicted octanol–water partition coefficient (Wildman–Crippen LogP) is 2.30. The molecule has 16 heavy (non-hydrogen) atoms. The average molecular weight is 242 g/mol. The van der Waals surface area contributed by atoms with Crippen molar-refractivity contribution >= 4 is 11.3 Å². The molecular formula is C12H22N2OS. The highest BCUT2D eigenvalue weighted by Crippen LogP contribution is 2.13. The molecular weight excluding hydrogens is 220 g/mol. The second-order valence-corrected chi connectivity index (χ2v) is 4.92. The first kappa shape index (κ1) is 13.6. The molecule has 1 heterocycles. The Morgan fingerprint density at radius 3 is 2.75 bits per heavy atom. The lowest BCUT2D eigenvalue weighted by Crippen LogP contribution is -2.27. The summed E-state index contributed by atoms with van der Waals surface area (Å²) in [5.41, 5.74) is 1.15. The summed E-state index contributed by atoms with van der Waals surface area (Å²) in [7, 11) is 0. The molecule has 0 aliphatic heterocycles. The summed E-state index contributed by atoms with van der Waals surface area (Å²) >= 11 is 1.75. The van der Waals surface area contributed by atoms with Gasteiger partial charge in [0.2, 0.25) is 0 Å². The number of hydrogen-bond donors (Lipinski definition) is 1. The largest absolute Gasteiger partial charge is 0.395 e. The Kier molecular flexibility index (Phi) is 6.61. The molecule has 1 rings (SSSR count). The molecule has 0 aromatic carbocycles. The summed E-state index contributed by atoms with van der Waals surface area (Å²) in [6.07, 6.45) is 3.35. The van der Waals surface area contributed by atoms with Gasteiger partial charge in [0.05, 0.1) is 17.3 Å². The van der Waals surface area contributed by atoms with Gasteiger partial charge in [-0.1, -0.05) is 13.8 Å². The van der Waals surface area contributed by atoms with Crippen molar-refractivity contribution in [3.8, 4) is 0 Å². The monoisotopic (exact) mass is 242 g/mol. The topological polar surface area (TPSA) is 36.4 Å². The van der Waals surface area contributed by atoms with Gasteiger partial charge >= 0.3 is 0 Å². The van der Waals surface area contributed by atoms with Crippen LogP contribution in [0.2, 0.25) is 0 Å². The van der Waals surface area contributed by atoms with E-state index in [1.165, 1.54) is 5.01 Å². The number of rotatable bonds is 8. The fourth-order valence-electron chi connectivity index (χ4n) is 1.71. The van der Waals surface area contributed by atoms with E-state index in [0.29, 0.717) is 0 Å². The number of thiazole rings is 1. The number of aromatic nitrogens is 1. The molecule has 0 spiro atoms. The molecule has 0 saturated heterocycles. The van der Waals surface area contributed by atoms with Crippen LogP contribution in [-0.2, 0) is 13.0 Å². The standard InChI is InChI=1S/C12H22N2OS/c1-3-5-12-13-11(10-16-12)9-14(6-4-2)7-8-15/h10,15H,3-9H2,1-2H3. The molecule has 0 aliphatic carbocycles. The van der Waals surface area contributed by atoms with Crippen LogP contribution < -0.4 is 0 Å². The van der Waals surface area contributed by atoms with Crippen LogP contribution >= 0.6 is 11.3 Å². The molecule has 1 N–H and O–H groups in total. The molecule has 1 aromatic heterocycles. The number of aryl methyl sites for hydroxylation is 1. The van der Waals surface area contributed by atoms with Gasteiger partial charge in [-0.05, 0) is 25.8 Å². The minimum absolute atomic E-state index is 0.228. The predicted molar refractivity (Wildman–Crippen MR) is 68.8 cm³/mol. The Bertz CT molecular complexity index is 282. The van der Waals surface area contributed by atoms with Crippen molar-refractivity contribution in [2.24, 2.45) is 0 Å². The summed E-state index contributed by atoms with van der Waals surface area (Å²) in [5, 5.41) is 12.3. The van der Waals surface area contributed by atoms with Gasteiger partial charge in [-0.25, -0.2) is 4.98 Å². The van der Waals surface area contributed by atoms with E-state index in [1.807, 2.05) is 0 Å². The van der Waals surface area contributed by atoms with Gasteiger partial charge < -0.3 is 5.11 Å². The molecule has 4 heteroatoms. The Morgan fingerprint density at radius 2 is 2.12 bits per heavy atom. The van der Waals surface area contributed by atoms with E-state index in [2.05, 4.69) is 29.1 Å². The number of hydrogen-bond acceptors (Lipinski definition) is 4. The second-order valence-electron chi connectivity index (χ2n) is 3.98. The van der Waals surface area contributed by atoms with Crippen LogP contribution in [-0.4, -0.2) is 34.7 Å². The molecule has 0 unspecified atom stereocenters. The third-order valence-electron chi connectivity index (χ3n) is 2.40. The van der Waals surface area contributed by atoms with Crippen LogP contribution in [0.3, 0.4) is 0 Å². The van der Waals surface area contributed by atoms with Gasteiger partial charge in [0.15, 0.2) is 0 Å². The van der Waals surface area contributed by atoms with Crippen molar-refractivity contribution < 1.29 is 5.11 Å². The molecule has 0 aliphatic rings. The third kappa shape index (κ3) is 4.60. The van der Waals surface area contributed by atoms with Gasteiger partial charge in [0.1, 0.15) is 0 Å². The Balaban J connectivity index is 2.48. The van der Waals surface area contributed by atoms with Crippen molar-refractivity contribution in [2.75, 3.05) is 19.7 Å². The zero-order valence-corrected chi connectivity index (χ0v) is 11.1. The quantitative estimate of drug-likeness (QED) is 0.760. The third-order valence-corrected chi connectivity index (χ3v) is 3.36. The molecule has 0 amide bonds. The van der Waals surface area contributed by atoms with E-state index < -0.39 is 0 Å². The highest BCUT2D eigenvalue weighted by atomic mass is 32.1. The highest BCUT2D eigenvalue weighted by Gasteiger charge is 2.07. The zero-order valence-electron chi connectivity index (χ0n) is 10.3. The van der Waals surface area contributed by atoms with Crippen molar-refractivity contribution in [3.05, 3.63) is 16.1 Å². The summed E-state index contributed by atoms with van der Waals surface area (Å²) in [4.78, 5) is 6.85. The van der Waals surface area contributed by atoms with E-state index in [9.17, 15) is 0 Å². The first-order valence-corrected chi connectivity index (χ1v) is 6.94. The molecule has 0 atom stereocenters. The SMILES string of the molecule is CCCc1nc(CN(CCC)CCO)cs1. The number of nitrogens with zero attached hydrogens (tertiary/aromatic N) is 2. The first-order valence-electron chi connectivity index (χ1n) is 6.06. The maximum Gasteiger partial charge on any atom is 0.0928 e. The molecule has 1 aromatic rings. The maximum atomic E-state index is 8.97. The Labute approximate surface area is 102 Å². The van der Waals surface area contributed by atoms with Gasteiger partial charge in [-0.15, -0.1) is 11.3 Å². The number of aliphatic hydroxyl groups excluding tert-OH is 1. The normalized spacial score (nSPS) is 11.2. The van der Waals surface area contributed by atoms with Gasteiger partial charge in [-0.2, -0.15) is 0 Å². The summed E-state index contributed by atoms with van der Waals surface area (Å²) in [6, 6.07) is 0. The second kappa shape index (κ2) is 7.76. The van der Waals surface area contributed by atoms with Crippen molar-refractivity contribution in [1.29, 1.82) is 0 Å². The minimum Gasteiger partial charge on any atom is -0.395 e. The fourth-order valence-corrected chi connectivity index (χ4v) is 2.60.